The minimum absolute atomic E-state index is 0.0975. The Labute approximate surface area is 294 Å². The SMILES string of the molecule is CC1(C)c2ccccc2-c2ccc(-c3cc(-c4ccccc4)nc(-c4ccc5sc6c7ccccc7nc(-c7ccccc7)c6c5c4)n3)cc21. The molecular formula is C46H31N3S. The standard InChI is InChI=1S/C46H31N3S/c1-46(2)36-19-11-9-17-32(36)33-23-21-30(26-37(33)46)40-27-39(28-13-5-3-6-14-28)48-45(49-40)31-22-24-41-35(25-31)42-43(29-15-7-4-8-16-29)47-38-20-12-10-18-34(38)44(42)50-41/h3-27H,1-2H3. The van der Waals surface area contributed by atoms with Crippen molar-refractivity contribution in [2.75, 3.05) is 0 Å². The van der Waals surface area contributed by atoms with Crippen molar-refractivity contribution in [1.29, 1.82) is 0 Å². The van der Waals surface area contributed by atoms with E-state index in [0.29, 0.717) is 5.82 Å². The van der Waals surface area contributed by atoms with Crippen molar-refractivity contribution in [3.05, 3.63) is 163 Å². The van der Waals surface area contributed by atoms with Gasteiger partial charge in [0.1, 0.15) is 0 Å². The van der Waals surface area contributed by atoms with Crippen LogP contribution in [0.25, 0.3) is 87.4 Å². The summed E-state index contributed by atoms with van der Waals surface area (Å²) in [6, 6.07) is 53.8. The van der Waals surface area contributed by atoms with Gasteiger partial charge in [-0.3, -0.25) is 0 Å². The third kappa shape index (κ3) is 4.45. The maximum atomic E-state index is 5.30. The number of fused-ring (bicyclic) bond motifs is 8. The van der Waals surface area contributed by atoms with Gasteiger partial charge >= 0.3 is 0 Å². The molecule has 50 heavy (non-hydrogen) atoms. The molecule has 0 unspecified atom stereocenters. The summed E-state index contributed by atoms with van der Waals surface area (Å²) in [5.74, 6) is 0.709. The average molecular weight is 658 g/mol. The summed E-state index contributed by atoms with van der Waals surface area (Å²) < 4.78 is 2.47. The van der Waals surface area contributed by atoms with Gasteiger partial charge in [-0.2, -0.15) is 0 Å². The lowest BCUT2D eigenvalue weighted by molar-refractivity contribution is 0.660. The van der Waals surface area contributed by atoms with Gasteiger partial charge in [-0.15, -0.1) is 11.3 Å². The Hall–Kier alpha value is -5.97. The third-order valence-corrected chi connectivity index (χ3v) is 11.5. The van der Waals surface area contributed by atoms with Gasteiger partial charge < -0.3 is 0 Å². The molecule has 10 rings (SSSR count). The van der Waals surface area contributed by atoms with Crippen LogP contribution in [0.4, 0.5) is 0 Å². The number of hydrogen-bond donors (Lipinski definition) is 0. The van der Waals surface area contributed by atoms with Crippen LogP contribution in [0.15, 0.2) is 152 Å². The molecule has 1 aliphatic rings. The fourth-order valence-electron chi connectivity index (χ4n) is 7.75. The van der Waals surface area contributed by atoms with Crippen LogP contribution in [0, 0.1) is 0 Å². The van der Waals surface area contributed by atoms with Crippen LogP contribution in [0.3, 0.4) is 0 Å². The molecule has 0 spiro atoms. The normalized spacial score (nSPS) is 13.2. The number of para-hydroxylation sites is 1. The predicted octanol–water partition coefficient (Wildman–Crippen LogP) is 12.4. The summed E-state index contributed by atoms with van der Waals surface area (Å²) in [6.45, 7) is 4.65. The minimum atomic E-state index is -0.0975. The van der Waals surface area contributed by atoms with Gasteiger partial charge in [0.15, 0.2) is 5.82 Å². The van der Waals surface area contributed by atoms with E-state index in [1.54, 1.807) is 0 Å². The molecular weight excluding hydrogens is 627 g/mol. The maximum Gasteiger partial charge on any atom is 0.160 e. The molecule has 3 nitrogen and oxygen atoms in total. The van der Waals surface area contributed by atoms with E-state index in [9.17, 15) is 0 Å². The second-order valence-electron chi connectivity index (χ2n) is 13.6. The summed E-state index contributed by atoms with van der Waals surface area (Å²) in [5.41, 5.74) is 13.3. The van der Waals surface area contributed by atoms with E-state index in [1.807, 2.05) is 17.4 Å². The molecule has 0 aliphatic heterocycles. The Morgan fingerprint density at radius 3 is 1.96 bits per heavy atom. The van der Waals surface area contributed by atoms with Gasteiger partial charge in [0, 0.05) is 53.2 Å². The fraction of sp³-hybridized carbons (Fsp3) is 0.0652. The lowest BCUT2D eigenvalue weighted by Crippen LogP contribution is -2.14. The molecule has 3 aromatic heterocycles. The molecule has 9 aromatic rings. The average Bonchev–Trinajstić information content (AvgIpc) is 3.67. The number of nitrogens with zero attached hydrogens (tertiary/aromatic N) is 3. The van der Waals surface area contributed by atoms with Crippen LogP contribution in [0.1, 0.15) is 25.0 Å². The molecule has 236 valence electrons. The Kier molecular flexibility index (Phi) is 6.39. The monoisotopic (exact) mass is 657 g/mol. The summed E-state index contributed by atoms with van der Waals surface area (Å²) in [7, 11) is 0. The molecule has 0 bridgehead atoms. The quantitative estimate of drug-likeness (QED) is 0.189. The second kappa shape index (κ2) is 11.0. The Morgan fingerprint density at radius 1 is 0.480 bits per heavy atom. The zero-order chi connectivity index (χ0) is 33.4. The largest absolute Gasteiger partial charge is 0.247 e. The lowest BCUT2D eigenvalue weighted by atomic mass is 9.82. The molecule has 0 saturated heterocycles. The molecule has 0 saturated carbocycles. The van der Waals surface area contributed by atoms with Crippen molar-refractivity contribution in [3.63, 3.8) is 0 Å². The highest BCUT2D eigenvalue weighted by Gasteiger charge is 2.35. The van der Waals surface area contributed by atoms with E-state index in [0.717, 1.165) is 44.9 Å². The number of hydrogen-bond acceptors (Lipinski definition) is 4. The van der Waals surface area contributed by atoms with E-state index < -0.39 is 0 Å². The number of rotatable bonds is 4. The van der Waals surface area contributed by atoms with Gasteiger partial charge in [-0.1, -0.05) is 129 Å². The molecule has 3 heterocycles. The molecule has 1 aliphatic carbocycles. The van der Waals surface area contributed by atoms with Crippen molar-refractivity contribution < 1.29 is 0 Å². The third-order valence-electron chi connectivity index (χ3n) is 10.3. The zero-order valence-electron chi connectivity index (χ0n) is 27.7. The summed E-state index contributed by atoms with van der Waals surface area (Å²) >= 11 is 1.83. The van der Waals surface area contributed by atoms with Crippen molar-refractivity contribution in [3.8, 4) is 56.3 Å². The van der Waals surface area contributed by atoms with Crippen LogP contribution in [-0.2, 0) is 5.41 Å². The number of thiophene rings is 1. The predicted molar refractivity (Wildman–Crippen MR) is 210 cm³/mol. The maximum absolute atomic E-state index is 5.30. The number of pyridine rings is 1. The zero-order valence-corrected chi connectivity index (χ0v) is 28.5. The minimum Gasteiger partial charge on any atom is -0.247 e. The van der Waals surface area contributed by atoms with Gasteiger partial charge in [0.05, 0.1) is 22.6 Å². The molecule has 0 atom stereocenters. The van der Waals surface area contributed by atoms with Crippen molar-refractivity contribution in [2.24, 2.45) is 0 Å². The highest BCUT2D eigenvalue weighted by Crippen LogP contribution is 2.50. The second-order valence-corrected chi connectivity index (χ2v) is 14.7. The van der Waals surface area contributed by atoms with Gasteiger partial charge in [-0.25, -0.2) is 15.0 Å². The molecule has 6 aromatic carbocycles. The first-order valence-corrected chi connectivity index (χ1v) is 17.8. The van der Waals surface area contributed by atoms with Crippen molar-refractivity contribution >= 4 is 42.4 Å². The van der Waals surface area contributed by atoms with Crippen LogP contribution in [0.5, 0.6) is 0 Å². The van der Waals surface area contributed by atoms with Gasteiger partial charge in [0.2, 0.25) is 0 Å². The van der Waals surface area contributed by atoms with E-state index in [1.165, 1.54) is 47.8 Å². The van der Waals surface area contributed by atoms with Crippen LogP contribution >= 0.6 is 11.3 Å². The van der Waals surface area contributed by atoms with E-state index >= 15 is 0 Å². The first kappa shape index (κ1) is 29.0. The van der Waals surface area contributed by atoms with Crippen LogP contribution < -0.4 is 0 Å². The number of aromatic nitrogens is 3. The summed E-state index contributed by atoms with van der Waals surface area (Å²) in [5, 5.41) is 3.53. The Morgan fingerprint density at radius 2 is 1.14 bits per heavy atom. The lowest BCUT2D eigenvalue weighted by Gasteiger charge is -2.22. The van der Waals surface area contributed by atoms with Gasteiger partial charge in [0.25, 0.3) is 0 Å². The Bertz CT molecular complexity index is 2780. The smallest absolute Gasteiger partial charge is 0.160 e. The summed E-state index contributed by atoms with van der Waals surface area (Å²) in [6.07, 6.45) is 0. The molecule has 0 amide bonds. The summed E-state index contributed by atoms with van der Waals surface area (Å²) in [4.78, 5) is 15.7. The Balaban J connectivity index is 1.19. The van der Waals surface area contributed by atoms with Gasteiger partial charge in [-0.05, 0) is 58.7 Å². The highest BCUT2D eigenvalue weighted by molar-refractivity contribution is 7.26. The number of benzene rings is 6. The van der Waals surface area contributed by atoms with E-state index in [4.69, 9.17) is 15.0 Å². The molecule has 0 radical (unpaired) electrons. The van der Waals surface area contributed by atoms with Crippen LogP contribution in [0.2, 0.25) is 0 Å². The fourth-order valence-corrected chi connectivity index (χ4v) is 8.97. The highest BCUT2D eigenvalue weighted by atomic mass is 32.1. The molecule has 0 N–H and O–H groups in total. The van der Waals surface area contributed by atoms with Crippen molar-refractivity contribution in [1.82, 2.24) is 15.0 Å². The topological polar surface area (TPSA) is 38.7 Å². The first-order valence-electron chi connectivity index (χ1n) is 17.0. The molecule has 4 heteroatoms. The van der Waals surface area contributed by atoms with Crippen molar-refractivity contribution in [2.45, 2.75) is 19.3 Å². The van der Waals surface area contributed by atoms with Crippen LogP contribution in [-0.4, -0.2) is 15.0 Å². The van der Waals surface area contributed by atoms with E-state index in [2.05, 4.69) is 159 Å². The molecule has 0 fully saturated rings. The first-order chi connectivity index (χ1) is 24.5. The van der Waals surface area contributed by atoms with E-state index in [-0.39, 0.29) is 5.41 Å².